The van der Waals surface area contributed by atoms with Crippen molar-refractivity contribution in [3.05, 3.63) is 64.7 Å². The molecule has 5 nitrogen and oxygen atoms in total. The molecule has 1 atom stereocenters. The molecular weight excluding hydrogens is 344 g/mol. The average molecular weight is 364 g/mol. The third-order valence-electron chi connectivity index (χ3n) is 4.83. The van der Waals surface area contributed by atoms with Crippen molar-refractivity contribution < 1.29 is 4.79 Å². The van der Waals surface area contributed by atoms with Crippen LogP contribution >= 0.6 is 11.3 Å². The molecule has 1 aliphatic rings. The second-order valence-electron chi connectivity index (χ2n) is 6.58. The molecular formula is C20H20N4OS. The Balaban J connectivity index is 1.42. The number of hydrogen-bond acceptors (Lipinski definition) is 5. The molecule has 1 aliphatic carbocycles. The van der Waals surface area contributed by atoms with Crippen molar-refractivity contribution in [1.82, 2.24) is 20.3 Å². The molecule has 132 valence electrons. The van der Waals surface area contributed by atoms with Crippen molar-refractivity contribution in [3.63, 3.8) is 0 Å². The minimum absolute atomic E-state index is 0.00275. The normalized spacial score (nSPS) is 16.1. The van der Waals surface area contributed by atoms with Crippen LogP contribution in [0.25, 0.3) is 10.6 Å². The molecule has 6 heteroatoms. The van der Waals surface area contributed by atoms with Crippen LogP contribution in [0.1, 0.15) is 28.1 Å². The van der Waals surface area contributed by atoms with Crippen LogP contribution in [0.5, 0.6) is 0 Å². The lowest BCUT2D eigenvalue weighted by Crippen LogP contribution is -2.33. The van der Waals surface area contributed by atoms with E-state index in [1.165, 1.54) is 4.88 Å². The average Bonchev–Trinajstić information content (AvgIpc) is 3.11. The quantitative estimate of drug-likeness (QED) is 0.771. The number of rotatable bonds is 4. The van der Waals surface area contributed by atoms with Crippen LogP contribution < -0.4 is 5.32 Å². The predicted octanol–water partition coefficient (Wildman–Crippen LogP) is 3.33. The number of hydrogen-bond donors (Lipinski definition) is 1. The van der Waals surface area contributed by atoms with E-state index in [-0.39, 0.29) is 11.8 Å². The summed E-state index contributed by atoms with van der Waals surface area (Å²) in [6.45, 7) is 2.56. The number of thiazole rings is 1. The number of carbonyl (C=O) groups is 1. The first kappa shape index (κ1) is 16.8. The molecule has 0 spiro atoms. The summed E-state index contributed by atoms with van der Waals surface area (Å²) in [5, 5.41) is 4.10. The number of carbonyl (C=O) groups excluding carboxylic acids is 1. The smallest absolute Gasteiger partial charge is 0.223 e. The highest BCUT2D eigenvalue weighted by Gasteiger charge is 2.27. The molecule has 3 heterocycles. The van der Waals surface area contributed by atoms with Crippen molar-refractivity contribution in [1.29, 1.82) is 0 Å². The van der Waals surface area contributed by atoms with E-state index in [0.717, 1.165) is 46.7 Å². The van der Waals surface area contributed by atoms with Gasteiger partial charge < -0.3 is 5.32 Å². The summed E-state index contributed by atoms with van der Waals surface area (Å²) >= 11 is 1.74. The van der Waals surface area contributed by atoms with Crippen LogP contribution in [0.15, 0.2) is 43.0 Å². The van der Waals surface area contributed by atoms with Crippen molar-refractivity contribution in [2.75, 3.05) is 0 Å². The maximum atomic E-state index is 12.6. The number of nitrogens with one attached hydrogen (secondary N) is 1. The van der Waals surface area contributed by atoms with Gasteiger partial charge in [0.1, 0.15) is 5.01 Å². The molecule has 0 bridgehead atoms. The lowest BCUT2D eigenvalue weighted by atomic mass is 9.90. The molecule has 3 aromatic rings. The summed E-state index contributed by atoms with van der Waals surface area (Å²) in [6, 6.07) is 5.91. The number of amides is 1. The summed E-state index contributed by atoms with van der Waals surface area (Å²) in [5.74, 6) is 0.113. The number of aromatic nitrogens is 3. The molecule has 1 amide bonds. The monoisotopic (exact) mass is 364 g/mol. The molecule has 26 heavy (non-hydrogen) atoms. The Morgan fingerprint density at radius 2 is 2.04 bits per heavy atom. The van der Waals surface area contributed by atoms with Gasteiger partial charge in [-0.05, 0) is 49.1 Å². The zero-order chi connectivity index (χ0) is 17.9. The number of aryl methyl sites for hydroxylation is 2. The molecule has 0 radical (unpaired) electrons. The van der Waals surface area contributed by atoms with Gasteiger partial charge in [0.15, 0.2) is 0 Å². The van der Waals surface area contributed by atoms with Crippen LogP contribution in [-0.2, 0) is 24.2 Å². The van der Waals surface area contributed by atoms with Gasteiger partial charge in [0.2, 0.25) is 5.91 Å². The van der Waals surface area contributed by atoms with Gasteiger partial charge in [-0.2, -0.15) is 0 Å². The van der Waals surface area contributed by atoms with E-state index >= 15 is 0 Å². The van der Waals surface area contributed by atoms with Crippen LogP contribution in [-0.4, -0.2) is 20.9 Å². The first-order valence-electron chi connectivity index (χ1n) is 8.77. The molecule has 1 N–H and O–H groups in total. The highest BCUT2D eigenvalue weighted by molar-refractivity contribution is 7.15. The molecule has 0 fully saturated rings. The van der Waals surface area contributed by atoms with E-state index in [1.807, 2.05) is 31.3 Å². The summed E-state index contributed by atoms with van der Waals surface area (Å²) in [5.41, 5.74) is 4.38. The largest absolute Gasteiger partial charge is 0.352 e. The van der Waals surface area contributed by atoms with Gasteiger partial charge in [0.05, 0.1) is 5.69 Å². The second-order valence-corrected chi connectivity index (χ2v) is 7.67. The molecule has 0 aromatic carbocycles. The van der Waals surface area contributed by atoms with E-state index in [0.29, 0.717) is 6.54 Å². The fourth-order valence-electron chi connectivity index (χ4n) is 3.25. The Morgan fingerprint density at radius 3 is 2.85 bits per heavy atom. The Labute approximate surface area is 156 Å². The SMILES string of the molecule is Cc1cnccc1CNC(=O)C1CCc2sc(-c3ccncc3)nc2C1. The molecule has 0 saturated carbocycles. The minimum Gasteiger partial charge on any atom is -0.352 e. The maximum Gasteiger partial charge on any atom is 0.223 e. The Hall–Kier alpha value is -2.60. The van der Waals surface area contributed by atoms with E-state index in [9.17, 15) is 4.79 Å². The summed E-state index contributed by atoms with van der Waals surface area (Å²) in [7, 11) is 0. The van der Waals surface area contributed by atoms with Gasteiger partial charge >= 0.3 is 0 Å². The first-order valence-corrected chi connectivity index (χ1v) is 9.58. The summed E-state index contributed by atoms with van der Waals surface area (Å²) < 4.78 is 0. The van der Waals surface area contributed by atoms with Gasteiger partial charge in [0.25, 0.3) is 0 Å². The Kier molecular flexibility index (Phi) is 4.75. The maximum absolute atomic E-state index is 12.6. The Morgan fingerprint density at radius 1 is 1.23 bits per heavy atom. The van der Waals surface area contributed by atoms with Gasteiger partial charge in [-0.3, -0.25) is 14.8 Å². The van der Waals surface area contributed by atoms with Crippen molar-refractivity contribution in [2.24, 2.45) is 5.92 Å². The van der Waals surface area contributed by atoms with Crippen LogP contribution in [0, 0.1) is 12.8 Å². The van der Waals surface area contributed by atoms with Crippen molar-refractivity contribution in [3.8, 4) is 10.6 Å². The standard InChI is InChI=1S/C20H20N4OS/c1-13-11-22-9-6-16(13)12-23-19(25)15-2-3-18-17(10-15)24-20(26-18)14-4-7-21-8-5-14/h4-9,11,15H,2-3,10,12H2,1H3,(H,23,25). The van der Waals surface area contributed by atoms with E-state index < -0.39 is 0 Å². The van der Waals surface area contributed by atoms with Crippen LogP contribution in [0.3, 0.4) is 0 Å². The van der Waals surface area contributed by atoms with Crippen molar-refractivity contribution >= 4 is 17.2 Å². The number of nitrogens with zero attached hydrogens (tertiary/aromatic N) is 3. The lowest BCUT2D eigenvalue weighted by Gasteiger charge is -2.20. The van der Waals surface area contributed by atoms with Gasteiger partial charge in [-0.25, -0.2) is 4.98 Å². The predicted molar refractivity (Wildman–Crippen MR) is 102 cm³/mol. The number of pyridine rings is 2. The zero-order valence-corrected chi connectivity index (χ0v) is 15.4. The van der Waals surface area contributed by atoms with Gasteiger partial charge in [-0.15, -0.1) is 11.3 Å². The molecule has 3 aromatic heterocycles. The van der Waals surface area contributed by atoms with E-state index in [1.54, 1.807) is 29.9 Å². The Bertz CT molecular complexity index is 923. The molecule has 0 saturated heterocycles. The highest BCUT2D eigenvalue weighted by Crippen LogP contribution is 2.34. The van der Waals surface area contributed by atoms with Gasteiger partial charge in [0, 0.05) is 54.1 Å². The topological polar surface area (TPSA) is 67.8 Å². The molecule has 1 unspecified atom stereocenters. The van der Waals surface area contributed by atoms with Gasteiger partial charge in [-0.1, -0.05) is 0 Å². The van der Waals surface area contributed by atoms with Crippen molar-refractivity contribution in [2.45, 2.75) is 32.7 Å². The summed E-state index contributed by atoms with van der Waals surface area (Å²) in [4.78, 5) is 26.9. The van der Waals surface area contributed by atoms with E-state index in [2.05, 4.69) is 15.3 Å². The molecule has 4 rings (SSSR count). The third kappa shape index (κ3) is 3.51. The minimum atomic E-state index is -0.00275. The number of fused-ring (bicyclic) bond motifs is 1. The van der Waals surface area contributed by atoms with Crippen LogP contribution in [0.4, 0.5) is 0 Å². The summed E-state index contributed by atoms with van der Waals surface area (Å²) in [6.07, 6.45) is 9.68. The second kappa shape index (κ2) is 7.33. The van der Waals surface area contributed by atoms with E-state index in [4.69, 9.17) is 4.98 Å². The lowest BCUT2D eigenvalue weighted by molar-refractivity contribution is -0.125. The third-order valence-corrected chi connectivity index (χ3v) is 6.03. The fourth-order valence-corrected chi connectivity index (χ4v) is 4.36. The zero-order valence-electron chi connectivity index (χ0n) is 14.6. The fraction of sp³-hybridized carbons (Fsp3) is 0.300. The highest BCUT2D eigenvalue weighted by atomic mass is 32.1. The molecule has 0 aliphatic heterocycles. The first-order chi connectivity index (χ1) is 12.7. The van der Waals surface area contributed by atoms with Crippen LogP contribution in [0.2, 0.25) is 0 Å².